The second-order valence-electron chi connectivity index (χ2n) is 4.01. The molecular formula is C13H13N3O2S. The van der Waals surface area contributed by atoms with Gasteiger partial charge in [-0.25, -0.2) is 9.50 Å². The maximum absolute atomic E-state index is 5.14. The van der Waals surface area contributed by atoms with E-state index in [-0.39, 0.29) is 0 Å². The lowest BCUT2D eigenvalue weighted by Crippen LogP contribution is -1.88. The van der Waals surface area contributed by atoms with E-state index < -0.39 is 0 Å². The maximum Gasteiger partial charge on any atom is 0.212 e. The van der Waals surface area contributed by atoms with Gasteiger partial charge in [0.15, 0.2) is 0 Å². The number of rotatable bonds is 4. The number of ether oxygens (including phenoxy) is 2. The van der Waals surface area contributed by atoms with E-state index in [9.17, 15) is 0 Å². The Morgan fingerprint density at radius 3 is 2.63 bits per heavy atom. The van der Waals surface area contributed by atoms with Crippen molar-refractivity contribution in [2.45, 2.75) is 6.61 Å². The Bertz CT molecular complexity index is 656. The molecule has 3 aromatic rings. The molecule has 2 heterocycles. The van der Waals surface area contributed by atoms with Gasteiger partial charge in [0.2, 0.25) is 4.96 Å². The Hall–Kier alpha value is -1.92. The van der Waals surface area contributed by atoms with Gasteiger partial charge >= 0.3 is 0 Å². The molecular weight excluding hydrogens is 262 g/mol. The van der Waals surface area contributed by atoms with Gasteiger partial charge in [-0.15, -0.1) is 0 Å². The fraction of sp³-hybridized carbons (Fsp3) is 0.231. The van der Waals surface area contributed by atoms with Gasteiger partial charge in [0.05, 0.1) is 25.6 Å². The zero-order valence-corrected chi connectivity index (χ0v) is 11.5. The summed E-state index contributed by atoms with van der Waals surface area (Å²) in [6, 6.07) is 7.82. The number of imidazole rings is 1. The van der Waals surface area contributed by atoms with E-state index in [1.54, 1.807) is 18.7 Å². The smallest absolute Gasteiger partial charge is 0.212 e. The van der Waals surface area contributed by atoms with Crippen molar-refractivity contribution in [1.29, 1.82) is 0 Å². The molecule has 0 unspecified atom stereocenters. The van der Waals surface area contributed by atoms with Crippen molar-refractivity contribution < 1.29 is 9.47 Å². The molecule has 1 aromatic carbocycles. The van der Waals surface area contributed by atoms with E-state index in [0.29, 0.717) is 6.61 Å². The molecule has 6 heteroatoms. The summed E-state index contributed by atoms with van der Waals surface area (Å²) in [5.41, 5.74) is 1.96. The van der Waals surface area contributed by atoms with Crippen molar-refractivity contribution in [2.24, 2.45) is 0 Å². The molecule has 98 valence electrons. The minimum atomic E-state index is 0.520. The van der Waals surface area contributed by atoms with Crippen LogP contribution in [0.25, 0.3) is 16.2 Å². The SMILES string of the molecule is COCc1nn2cc(-c3ccc(OC)cc3)nc2s1. The van der Waals surface area contributed by atoms with E-state index in [2.05, 4.69) is 10.1 Å². The van der Waals surface area contributed by atoms with Crippen LogP contribution in [-0.2, 0) is 11.3 Å². The lowest BCUT2D eigenvalue weighted by molar-refractivity contribution is 0.183. The third kappa shape index (κ3) is 2.32. The van der Waals surface area contributed by atoms with Gasteiger partial charge in [0.1, 0.15) is 10.8 Å². The lowest BCUT2D eigenvalue weighted by Gasteiger charge is -2.00. The van der Waals surface area contributed by atoms with Gasteiger partial charge < -0.3 is 9.47 Å². The minimum Gasteiger partial charge on any atom is -0.497 e. The third-order valence-electron chi connectivity index (χ3n) is 2.74. The van der Waals surface area contributed by atoms with Crippen molar-refractivity contribution in [2.75, 3.05) is 14.2 Å². The molecule has 0 atom stereocenters. The topological polar surface area (TPSA) is 48.7 Å². The molecule has 0 saturated heterocycles. The zero-order chi connectivity index (χ0) is 13.2. The number of nitrogens with zero attached hydrogens (tertiary/aromatic N) is 3. The highest BCUT2D eigenvalue weighted by Gasteiger charge is 2.09. The van der Waals surface area contributed by atoms with Crippen LogP contribution < -0.4 is 4.74 Å². The van der Waals surface area contributed by atoms with Crippen LogP contribution in [0.5, 0.6) is 5.75 Å². The maximum atomic E-state index is 5.14. The molecule has 0 N–H and O–H groups in total. The van der Waals surface area contributed by atoms with Gasteiger partial charge in [0, 0.05) is 12.7 Å². The van der Waals surface area contributed by atoms with Crippen molar-refractivity contribution in [3.8, 4) is 17.0 Å². The Morgan fingerprint density at radius 1 is 1.21 bits per heavy atom. The molecule has 0 aliphatic rings. The van der Waals surface area contributed by atoms with Gasteiger partial charge in [-0.3, -0.25) is 0 Å². The molecule has 0 bridgehead atoms. The predicted molar refractivity (Wildman–Crippen MR) is 73.6 cm³/mol. The number of benzene rings is 1. The highest BCUT2D eigenvalue weighted by Crippen LogP contribution is 2.24. The summed E-state index contributed by atoms with van der Waals surface area (Å²) in [6.45, 7) is 0.520. The van der Waals surface area contributed by atoms with Crippen LogP contribution in [0, 0.1) is 0 Å². The molecule has 0 aliphatic heterocycles. The zero-order valence-electron chi connectivity index (χ0n) is 10.7. The largest absolute Gasteiger partial charge is 0.497 e. The molecule has 3 rings (SSSR count). The summed E-state index contributed by atoms with van der Waals surface area (Å²) < 4.78 is 12.0. The van der Waals surface area contributed by atoms with Gasteiger partial charge in [-0.1, -0.05) is 11.3 Å². The Balaban J connectivity index is 1.93. The molecule has 0 aliphatic carbocycles. The van der Waals surface area contributed by atoms with Crippen LogP contribution in [-0.4, -0.2) is 28.8 Å². The van der Waals surface area contributed by atoms with Gasteiger partial charge in [-0.05, 0) is 24.3 Å². The fourth-order valence-corrected chi connectivity index (χ4v) is 2.67. The summed E-state index contributed by atoms with van der Waals surface area (Å²) in [5, 5.41) is 5.33. The van der Waals surface area contributed by atoms with E-state index in [1.165, 1.54) is 11.3 Å². The molecule has 0 spiro atoms. The molecule has 0 saturated carbocycles. The van der Waals surface area contributed by atoms with E-state index in [0.717, 1.165) is 27.0 Å². The summed E-state index contributed by atoms with van der Waals surface area (Å²) in [7, 11) is 3.32. The second kappa shape index (κ2) is 4.99. The number of aromatic nitrogens is 3. The first-order valence-electron chi connectivity index (χ1n) is 5.78. The van der Waals surface area contributed by atoms with E-state index >= 15 is 0 Å². The number of hydrogen-bond acceptors (Lipinski definition) is 5. The number of fused-ring (bicyclic) bond motifs is 1. The first kappa shape index (κ1) is 12.1. The summed E-state index contributed by atoms with van der Waals surface area (Å²) in [4.78, 5) is 5.44. The average Bonchev–Trinajstić information content (AvgIpc) is 2.97. The highest BCUT2D eigenvalue weighted by atomic mass is 32.1. The number of methoxy groups -OCH3 is 2. The first-order valence-corrected chi connectivity index (χ1v) is 6.60. The monoisotopic (exact) mass is 275 g/mol. The van der Waals surface area contributed by atoms with Crippen LogP contribution in [0.4, 0.5) is 0 Å². The van der Waals surface area contributed by atoms with Crippen LogP contribution in [0.2, 0.25) is 0 Å². The van der Waals surface area contributed by atoms with Crippen LogP contribution in [0.1, 0.15) is 5.01 Å². The molecule has 2 aromatic heterocycles. The summed E-state index contributed by atoms with van der Waals surface area (Å²) in [5.74, 6) is 0.838. The fourth-order valence-electron chi connectivity index (χ4n) is 1.82. The highest BCUT2D eigenvalue weighted by molar-refractivity contribution is 7.16. The molecule has 5 nitrogen and oxygen atoms in total. The molecule has 0 amide bonds. The molecule has 0 fully saturated rings. The van der Waals surface area contributed by atoms with Crippen molar-refractivity contribution in [1.82, 2.24) is 14.6 Å². The van der Waals surface area contributed by atoms with Crippen molar-refractivity contribution in [3.63, 3.8) is 0 Å². The lowest BCUT2D eigenvalue weighted by atomic mass is 10.2. The Labute approximate surface area is 114 Å². The third-order valence-corrected chi connectivity index (χ3v) is 3.63. The average molecular weight is 275 g/mol. The van der Waals surface area contributed by atoms with E-state index in [1.807, 2.05) is 30.5 Å². The van der Waals surface area contributed by atoms with Crippen LogP contribution in [0.15, 0.2) is 30.5 Å². The Morgan fingerprint density at radius 2 is 2.00 bits per heavy atom. The van der Waals surface area contributed by atoms with Gasteiger partial charge in [0.25, 0.3) is 0 Å². The normalized spacial score (nSPS) is 11.1. The van der Waals surface area contributed by atoms with Crippen molar-refractivity contribution >= 4 is 16.3 Å². The standard InChI is InChI=1S/C13H13N3O2S/c1-17-8-12-15-16-7-11(14-13(16)19-12)9-3-5-10(18-2)6-4-9/h3-7H,8H2,1-2H3. The Kier molecular flexibility index (Phi) is 3.18. The van der Waals surface area contributed by atoms with Crippen LogP contribution in [0.3, 0.4) is 0 Å². The first-order chi connectivity index (χ1) is 9.30. The molecule has 19 heavy (non-hydrogen) atoms. The summed E-state index contributed by atoms with van der Waals surface area (Å²) >= 11 is 1.54. The molecule has 0 radical (unpaired) electrons. The number of hydrogen-bond donors (Lipinski definition) is 0. The van der Waals surface area contributed by atoms with Crippen molar-refractivity contribution in [3.05, 3.63) is 35.5 Å². The predicted octanol–water partition coefficient (Wildman–Crippen LogP) is 2.61. The summed E-state index contributed by atoms with van der Waals surface area (Å²) in [6.07, 6.45) is 1.92. The second-order valence-corrected chi connectivity index (χ2v) is 5.05. The minimum absolute atomic E-state index is 0.520. The quantitative estimate of drug-likeness (QED) is 0.734. The van der Waals surface area contributed by atoms with Crippen LogP contribution >= 0.6 is 11.3 Å². The van der Waals surface area contributed by atoms with Gasteiger partial charge in [-0.2, -0.15) is 5.10 Å². The van der Waals surface area contributed by atoms with E-state index in [4.69, 9.17) is 9.47 Å².